The highest BCUT2D eigenvalue weighted by atomic mass is 32.1. The molecule has 2 amide bonds. The van der Waals surface area contributed by atoms with Gasteiger partial charge in [0.15, 0.2) is 0 Å². The minimum absolute atomic E-state index is 0.129. The van der Waals surface area contributed by atoms with Crippen molar-refractivity contribution in [3.63, 3.8) is 0 Å². The maximum Gasteiger partial charge on any atom is 0.263 e. The Balaban J connectivity index is 2.16. The van der Waals surface area contributed by atoms with Crippen LogP contribution in [-0.2, 0) is 4.79 Å². The average molecular weight is 307 g/mol. The fraction of sp³-hybridized carbons (Fsp3) is 0.286. The molecule has 0 aliphatic carbocycles. The normalized spacial score (nSPS) is 10.4. The van der Waals surface area contributed by atoms with Crippen molar-refractivity contribution >= 4 is 38.9 Å². The van der Waals surface area contributed by atoms with Crippen LogP contribution in [0.2, 0.25) is 0 Å². The SMILES string of the molecule is COc1cccc2sc(C(=O)NCCNC(C)=O)c(N)c12. The summed E-state index contributed by atoms with van der Waals surface area (Å²) >= 11 is 1.32. The number of benzene rings is 1. The Bertz CT molecular complexity index is 681. The van der Waals surface area contributed by atoms with Crippen molar-refractivity contribution in [2.75, 3.05) is 25.9 Å². The predicted octanol–water partition coefficient (Wildman–Crippen LogP) is 1.36. The molecule has 21 heavy (non-hydrogen) atoms. The van der Waals surface area contributed by atoms with E-state index in [0.29, 0.717) is 29.4 Å². The Hall–Kier alpha value is -2.28. The Morgan fingerprint density at radius 2 is 2.00 bits per heavy atom. The zero-order valence-corrected chi connectivity index (χ0v) is 12.7. The Morgan fingerprint density at radius 1 is 1.29 bits per heavy atom. The molecule has 2 aromatic rings. The van der Waals surface area contributed by atoms with Crippen molar-refractivity contribution in [2.24, 2.45) is 0 Å². The molecular formula is C14H17N3O3S. The first-order chi connectivity index (χ1) is 10.0. The van der Waals surface area contributed by atoms with Gasteiger partial charge in [0.2, 0.25) is 5.91 Å². The van der Waals surface area contributed by atoms with Crippen molar-refractivity contribution < 1.29 is 14.3 Å². The van der Waals surface area contributed by atoms with Gasteiger partial charge in [0.25, 0.3) is 5.91 Å². The molecule has 112 valence electrons. The van der Waals surface area contributed by atoms with Crippen LogP contribution in [0.5, 0.6) is 5.75 Å². The highest BCUT2D eigenvalue weighted by molar-refractivity contribution is 7.21. The number of carbonyl (C=O) groups excluding carboxylic acids is 2. The van der Waals surface area contributed by atoms with Crippen molar-refractivity contribution in [3.8, 4) is 5.75 Å². The summed E-state index contributed by atoms with van der Waals surface area (Å²) in [4.78, 5) is 23.3. The van der Waals surface area contributed by atoms with Gasteiger partial charge in [0.05, 0.1) is 18.2 Å². The molecule has 2 rings (SSSR count). The van der Waals surface area contributed by atoms with E-state index in [1.54, 1.807) is 7.11 Å². The van der Waals surface area contributed by atoms with Crippen molar-refractivity contribution in [3.05, 3.63) is 23.1 Å². The van der Waals surface area contributed by atoms with Gasteiger partial charge in [-0.15, -0.1) is 11.3 Å². The number of anilines is 1. The van der Waals surface area contributed by atoms with E-state index in [0.717, 1.165) is 10.1 Å². The third-order valence-corrected chi connectivity index (χ3v) is 4.09. The third kappa shape index (κ3) is 3.25. The summed E-state index contributed by atoms with van der Waals surface area (Å²) in [7, 11) is 1.57. The standard InChI is InChI=1S/C14H17N3O3S/c1-8(18)16-6-7-17-14(19)13-12(15)11-9(20-2)4-3-5-10(11)21-13/h3-5H,6-7,15H2,1-2H3,(H,16,18)(H,17,19). The third-order valence-electron chi connectivity index (χ3n) is 2.92. The number of nitrogens with two attached hydrogens (primary N) is 1. The van der Waals surface area contributed by atoms with Crippen LogP contribution < -0.4 is 21.1 Å². The second kappa shape index (κ2) is 6.45. The molecule has 0 fully saturated rings. The molecule has 0 aliphatic rings. The van der Waals surface area contributed by atoms with Gasteiger partial charge in [-0.2, -0.15) is 0 Å². The van der Waals surface area contributed by atoms with Crippen LogP contribution in [-0.4, -0.2) is 32.0 Å². The lowest BCUT2D eigenvalue weighted by molar-refractivity contribution is -0.118. The number of hydrogen-bond acceptors (Lipinski definition) is 5. The van der Waals surface area contributed by atoms with Crippen LogP contribution in [0.15, 0.2) is 18.2 Å². The number of thiophene rings is 1. The second-order valence-electron chi connectivity index (χ2n) is 4.42. The number of rotatable bonds is 5. The summed E-state index contributed by atoms with van der Waals surface area (Å²) in [6, 6.07) is 5.56. The van der Waals surface area contributed by atoms with Crippen molar-refractivity contribution in [2.45, 2.75) is 6.92 Å². The minimum Gasteiger partial charge on any atom is -0.496 e. The smallest absolute Gasteiger partial charge is 0.263 e. The van der Waals surface area contributed by atoms with Crippen LogP contribution >= 0.6 is 11.3 Å². The van der Waals surface area contributed by atoms with E-state index < -0.39 is 0 Å². The quantitative estimate of drug-likeness (QED) is 0.727. The first-order valence-electron chi connectivity index (χ1n) is 6.42. The molecule has 0 aliphatic heterocycles. The van der Waals surface area contributed by atoms with Gasteiger partial charge in [-0.1, -0.05) is 6.07 Å². The van der Waals surface area contributed by atoms with Crippen LogP contribution in [0.4, 0.5) is 5.69 Å². The van der Waals surface area contributed by atoms with Crippen LogP contribution in [0, 0.1) is 0 Å². The Labute approximate surface area is 126 Å². The van der Waals surface area contributed by atoms with Crippen LogP contribution in [0.1, 0.15) is 16.6 Å². The molecule has 6 nitrogen and oxygen atoms in total. The zero-order chi connectivity index (χ0) is 15.4. The van der Waals surface area contributed by atoms with Crippen molar-refractivity contribution in [1.29, 1.82) is 0 Å². The number of fused-ring (bicyclic) bond motifs is 1. The first-order valence-corrected chi connectivity index (χ1v) is 7.24. The number of nitrogen functional groups attached to an aromatic ring is 1. The fourth-order valence-corrected chi connectivity index (χ4v) is 3.03. The summed E-state index contributed by atoms with van der Waals surface area (Å²) in [5.74, 6) is 0.273. The van der Waals surface area contributed by atoms with E-state index in [9.17, 15) is 9.59 Å². The van der Waals surface area contributed by atoms with Crippen LogP contribution in [0.25, 0.3) is 10.1 Å². The maximum absolute atomic E-state index is 12.1. The van der Waals surface area contributed by atoms with E-state index >= 15 is 0 Å². The number of amides is 2. The lowest BCUT2D eigenvalue weighted by Gasteiger charge is -2.05. The number of nitrogens with one attached hydrogen (secondary N) is 2. The summed E-state index contributed by atoms with van der Waals surface area (Å²) in [6.07, 6.45) is 0. The fourth-order valence-electron chi connectivity index (χ4n) is 1.97. The second-order valence-corrected chi connectivity index (χ2v) is 5.47. The highest BCUT2D eigenvalue weighted by Gasteiger charge is 2.18. The Morgan fingerprint density at radius 3 is 2.67 bits per heavy atom. The lowest BCUT2D eigenvalue weighted by atomic mass is 10.2. The molecule has 0 spiro atoms. The molecular weight excluding hydrogens is 290 g/mol. The predicted molar refractivity (Wildman–Crippen MR) is 83.8 cm³/mol. The molecule has 4 N–H and O–H groups in total. The average Bonchev–Trinajstić information content (AvgIpc) is 2.80. The van der Waals surface area contributed by atoms with E-state index in [-0.39, 0.29) is 11.8 Å². The number of methoxy groups -OCH3 is 1. The van der Waals surface area contributed by atoms with Gasteiger partial charge in [-0.25, -0.2) is 0 Å². The first kappa shape index (κ1) is 15.1. The van der Waals surface area contributed by atoms with E-state index in [1.165, 1.54) is 18.3 Å². The summed E-state index contributed by atoms with van der Waals surface area (Å²) in [5, 5.41) is 6.10. The topological polar surface area (TPSA) is 93.5 Å². The molecule has 0 saturated carbocycles. The molecule has 0 bridgehead atoms. The zero-order valence-electron chi connectivity index (χ0n) is 11.9. The molecule has 1 aromatic carbocycles. The minimum atomic E-state index is -0.249. The number of carbonyl (C=O) groups is 2. The highest BCUT2D eigenvalue weighted by Crippen LogP contribution is 2.39. The molecule has 0 saturated heterocycles. The molecule has 7 heteroatoms. The van der Waals surface area contributed by atoms with Gasteiger partial charge in [-0.05, 0) is 12.1 Å². The summed E-state index contributed by atoms with van der Waals surface area (Å²) in [5.41, 5.74) is 6.49. The Kier molecular flexibility index (Phi) is 4.64. The molecule has 0 unspecified atom stereocenters. The number of hydrogen-bond donors (Lipinski definition) is 3. The summed E-state index contributed by atoms with van der Waals surface area (Å²) < 4.78 is 6.18. The lowest BCUT2D eigenvalue weighted by Crippen LogP contribution is -2.33. The maximum atomic E-state index is 12.1. The van der Waals surface area contributed by atoms with Gasteiger partial charge in [0, 0.05) is 24.7 Å². The van der Waals surface area contributed by atoms with Crippen LogP contribution in [0.3, 0.4) is 0 Å². The largest absolute Gasteiger partial charge is 0.496 e. The molecule has 0 radical (unpaired) electrons. The summed E-state index contributed by atoms with van der Waals surface area (Å²) in [6.45, 7) is 2.16. The monoisotopic (exact) mass is 307 g/mol. The van der Waals surface area contributed by atoms with Gasteiger partial charge in [-0.3, -0.25) is 9.59 Å². The number of ether oxygens (including phenoxy) is 1. The molecule has 1 aromatic heterocycles. The van der Waals surface area contributed by atoms with E-state index in [4.69, 9.17) is 10.5 Å². The van der Waals surface area contributed by atoms with Gasteiger partial charge < -0.3 is 21.1 Å². The molecule has 0 atom stereocenters. The van der Waals surface area contributed by atoms with Gasteiger partial charge >= 0.3 is 0 Å². The van der Waals surface area contributed by atoms with E-state index in [2.05, 4.69) is 10.6 Å². The van der Waals surface area contributed by atoms with Crippen molar-refractivity contribution in [1.82, 2.24) is 10.6 Å². The molecule has 1 heterocycles. The van der Waals surface area contributed by atoms with Gasteiger partial charge in [0.1, 0.15) is 10.6 Å². The van der Waals surface area contributed by atoms with E-state index in [1.807, 2.05) is 18.2 Å².